The zero-order chi connectivity index (χ0) is 15.5. The molecule has 0 saturated carbocycles. The number of aromatic amines is 1. The van der Waals surface area contributed by atoms with Gasteiger partial charge < -0.3 is 9.88 Å². The minimum absolute atomic E-state index is 0.130. The number of benzene rings is 1. The van der Waals surface area contributed by atoms with E-state index in [1.54, 1.807) is 6.92 Å². The average molecular weight is 316 g/mol. The van der Waals surface area contributed by atoms with Crippen LogP contribution in [0.2, 0.25) is 0 Å². The minimum atomic E-state index is 0.130. The van der Waals surface area contributed by atoms with Gasteiger partial charge in [0.05, 0.1) is 0 Å². The molecule has 1 aliphatic heterocycles. The number of fused-ring (bicyclic) bond motifs is 1. The van der Waals surface area contributed by atoms with Crippen molar-refractivity contribution in [3.8, 4) is 0 Å². The highest BCUT2D eigenvalue weighted by atomic mass is 32.2. The van der Waals surface area contributed by atoms with Gasteiger partial charge in [0.25, 0.3) is 0 Å². The van der Waals surface area contributed by atoms with Crippen LogP contribution in [0.5, 0.6) is 0 Å². The summed E-state index contributed by atoms with van der Waals surface area (Å²) in [5.41, 5.74) is 2.41. The number of aromatic nitrogens is 1. The number of rotatable bonds is 5. The van der Waals surface area contributed by atoms with E-state index in [4.69, 9.17) is 0 Å². The summed E-state index contributed by atoms with van der Waals surface area (Å²) in [4.78, 5) is 28.3. The van der Waals surface area contributed by atoms with Crippen LogP contribution in [0.25, 0.3) is 10.9 Å². The van der Waals surface area contributed by atoms with E-state index in [1.807, 2.05) is 17.2 Å². The van der Waals surface area contributed by atoms with Gasteiger partial charge in [0.15, 0.2) is 5.12 Å². The van der Waals surface area contributed by atoms with Gasteiger partial charge in [-0.3, -0.25) is 9.59 Å². The third-order valence-corrected chi connectivity index (χ3v) is 5.20. The summed E-state index contributed by atoms with van der Waals surface area (Å²) in [6, 6.07) is 8.32. The van der Waals surface area contributed by atoms with Gasteiger partial charge in [0, 0.05) is 49.3 Å². The zero-order valence-electron chi connectivity index (χ0n) is 12.7. The molecule has 0 radical (unpaired) electrons. The molecule has 1 aromatic heterocycles. The van der Waals surface area contributed by atoms with Crippen LogP contribution in [0, 0.1) is 5.92 Å². The molecule has 1 atom stereocenters. The minimum Gasteiger partial charge on any atom is -0.361 e. The molecule has 1 unspecified atom stereocenters. The van der Waals surface area contributed by atoms with E-state index in [9.17, 15) is 9.59 Å². The van der Waals surface area contributed by atoms with Crippen molar-refractivity contribution in [1.29, 1.82) is 0 Å². The van der Waals surface area contributed by atoms with Gasteiger partial charge >= 0.3 is 0 Å². The van der Waals surface area contributed by atoms with Crippen molar-refractivity contribution >= 4 is 33.7 Å². The monoisotopic (exact) mass is 316 g/mol. The Balaban J connectivity index is 1.58. The van der Waals surface area contributed by atoms with Crippen LogP contribution in [0.4, 0.5) is 0 Å². The van der Waals surface area contributed by atoms with E-state index in [-0.39, 0.29) is 11.0 Å². The molecule has 0 aliphatic carbocycles. The van der Waals surface area contributed by atoms with Gasteiger partial charge in [-0.05, 0) is 30.0 Å². The molecule has 2 heterocycles. The van der Waals surface area contributed by atoms with Crippen molar-refractivity contribution in [2.24, 2.45) is 5.92 Å². The second kappa shape index (κ2) is 6.57. The van der Waals surface area contributed by atoms with Crippen molar-refractivity contribution < 1.29 is 9.59 Å². The van der Waals surface area contributed by atoms with Crippen LogP contribution in [0.1, 0.15) is 18.9 Å². The highest BCUT2D eigenvalue weighted by Gasteiger charge is 2.29. The first-order valence-electron chi connectivity index (χ1n) is 7.59. The second-order valence-corrected chi connectivity index (χ2v) is 7.02. The Morgan fingerprint density at radius 2 is 2.27 bits per heavy atom. The number of hydrogen-bond donors (Lipinski definition) is 1. The Labute approximate surface area is 134 Å². The molecule has 5 heteroatoms. The molecule has 1 N–H and O–H groups in total. The lowest BCUT2D eigenvalue weighted by Crippen LogP contribution is -2.27. The maximum atomic E-state index is 12.1. The predicted octanol–water partition coefficient (Wildman–Crippen LogP) is 2.84. The van der Waals surface area contributed by atoms with E-state index in [1.165, 1.54) is 22.7 Å². The number of carbonyl (C=O) groups is 2. The lowest BCUT2D eigenvalue weighted by Gasteiger charge is -2.16. The van der Waals surface area contributed by atoms with Crippen molar-refractivity contribution in [2.75, 3.05) is 18.8 Å². The summed E-state index contributed by atoms with van der Waals surface area (Å²) in [6.07, 6.45) is 3.40. The standard InChI is InChI=1S/C17H20N2O2S/c1-12(20)22-11-13-9-17(21)19(10-13)8-6-14-3-2-4-16-15(14)5-7-18-16/h2-5,7,13,18H,6,8-11H2,1H3. The fraction of sp³-hybridized carbons (Fsp3) is 0.412. The molecule has 1 aromatic carbocycles. The van der Waals surface area contributed by atoms with E-state index < -0.39 is 0 Å². The smallest absolute Gasteiger partial charge is 0.222 e. The summed E-state index contributed by atoms with van der Waals surface area (Å²) in [5.74, 6) is 1.28. The largest absolute Gasteiger partial charge is 0.361 e. The molecular weight excluding hydrogens is 296 g/mol. The fourth-order valence-electron chi connectivity index (χ4n) is 3.04. The number of nitrogens with one attached hydrogen (secondary N) is 1. The number of likely N-dealkylation sites (tertiary alicyclic amines) is 1. The summed E-state index contributed by atoms with van der Waals surface area (Å²) >= 11 is 1.33. The summed E-state index contributed by atoms with van der Waals surface area (Å²) in [6.45, 7) is 3.11. The van der Waals surface area contributed by atoms with Crippen LogP contribution >= 0.6 is 11.8 Å². The molecule has 0 bridgehead atoms. The summed E-state index contributed by atoms with van der Waals surface area (Å²) < 4.78 is 0. The van der Waals surface area contributed by atoms with E-state index >= 15 is 0 Å². The summed E-state index contributed by atoms with van der Waals surface area (Å²) in [5, 5.41) is 1.36. The molecule has 4 nitrogen and oxygen atoms in total. The van der Waals surface area contributed by atoms with E-state index in [2.05, 4.69) is 23.2 Å². The van der Waals surface area contributed by atoms with Crippen LogP contribution < -0.4 is 0 Å². The van der Waals surface area contributed by atoms with E-state index in [0.717, 1.165) is 30.8 Å². The molecule has 116 valence electrons. The molecule has 0 spiro atoms. The lowest BCUT2D eigenvalue weighted by atomic mass is 10.1. The number of thioether (sulfide) groups is 1. The Bertz CT molecular complexity index is 695. The third kappa shape index (κ3) is 3.35. The molecule has 22 heavy (non-hydrogen) atoms. The fourth-order valence-corrected chi connectivity index (χ4v) is 3.73. The second-order valence-electron chi connectivity index (χ2n) is 5.82. The number of nitrogens with zero attached hydrogens (tertiary/aromatic N) is 1. The van der Waals surface area contributed by atoms with Crippen molar-refractivity contribution in [3.05, 3.63) is 36.0 Å². The summed E-state index contributed by atoms with van der Waals surface area (Å²) in [7, 11) is 0. The molecule has 1 amide bonds. The molecule has 1 aliphatic rings. The van der Waals surface area contributed by atoms with Crippen LogP contribution in [-0.4, -0.2) is 39.7 Å². The predicted molar refractivity (Wildman–Crippen MR) is 89.8 cm³/mol. The third-order valence-electron chi connectivity index (χ3n) is 4.15. The van der Waals surface area contributed by atoms with Crippen LogP contribution in [0.15, 0.2) is 30.5 Å². The first-order valence-corrected chi connectivity index (χ1v) is 8.58. The maximum absolute atomic E-state index is 12.1. The van der Waals surface area contributed by atoms with Gasteiger partial charge in [-0.25, -0.2) is 0 Å². The van der Waals surface area contributed by atoms with Gasteiger partial charge in [-0.15, -0.1) is 0 Å². The molecule has 3 rings (SSSR count). The number of hydrogen-bond acceptors (Lipinski definition) is 3. The normalized spacial score (nSPS) is 18.3. The van der Waals surface area contributed by atoms with E-state index in [0.29, 0.717) is 12.3 Å². The van der Waals surface area contributed by atoms with Crippen molar-refractivity contribution in [3.63, 3.8) is 0 Å². The van der Waals surface area contributed by atoms with Gasteiger partial charge in [0.2, 0.25) is 5.91 Å². The Morgan fingerprint density at radius 1 is 1.41 bits per heavy atom. The molecule has 2 aromatic rings. The first-order chi connectivity index (χ1) is 10.6. The zero-order valence-corrected chi connectivity index (χ0v) is 13.5. The maximum Gasteiger partial charge on any atom is 0.222 e. The van der Waals surface area contributed by atoms with Crippen LogP contribution in [0.3, 0.4) is 0 Å². The topological polar surface area (TPSA) is 53.2 Å². The first kappa shape index (κ1) is 15.2. The molecular formula is C17H20N2O2S. The van der Waals surface area contributed by atoms with Crippen molar-refractivity contribution in [1.82, 2.24) is 9.88 Å². The molecule has 1 fully saturated rings. The molecule has 1 saturated heterocycles. The Hall–Kier alpha value is -1.75. The van der Waals surface area contributed by atoms with Crippen molar-refractivity contribution in [2.45, 2.75) is 19.8 Å². The highest BCUT2D eigenvalue weighted by Crippen LogP contribution is 2.23. The Kier molecular flexibility index (Phi) is 4.52. The van der Waals surface area contributed by atoms with Gasteiger partial charge in [-0.2, -0.15) is 0 Å². The average Bonchev–Trinajstić information content (AvgIpc) is 3.09. The SMILES string of the molecule is CC(=O)SCC1CC(=O)N(CCc2cccc3[nH]ccc23)C1. The number of carbonyl (C=O) groups excluding carboxylic acids is 2. The van der Waals surface area contributed by atoms with Gasteiger partial charge in [-0.1, -0.05) is 23.9 Å². The number of amides is 1. The quantitative estimate of drug-likeness (QED) is 0.923. The lowest BCUT2D eigenvalue weighted by molar-refractivity contribution is -0.127. The highest BCUT2D eigenvalue weighted by molar-refractivity contribution is 8.13. The number of H-pyrrole nitrogens is 1. The Morgan fingerprint density at radius 3 is 3.09 bits per heavy atom. The van der Waals surface area contributed by atoms with Gasteiger partial charge in [0.1, 0.15) is 0 Å². The van der Waals surface area contributed by atoms with Crippen LogP contribution in [-0.2, 0) is 16.0 Å².